The molecule has 1 aromatic rings. The first kappa shape index (κ1) is 18.9. The monoisotopic (exact) mass is 340 g/mol. The molecule has 0 bridgehead atoms. The molecule has 0 aliphatic rings. The van der Waals surface area contributed by atoms with Crippen LogP contribution in [-0.4, -0.2) is 39.3 Å². The maximum atomic E-state index is 12.8. The lowest BCUT2D eigenvalue weighted by Gasteiger charge is -2.22. The molecule has 0 heterocycles. The Balaban J connectivity index is 3.37. The smallest absolute Gasteiger partial charge is 0.334 e. The van der Waals surface area contributed by atoms with Gasteiger partial charge in [-0.05, 0) is 19.4 Å². The number of sulfone groups is 1. The van der Waals surface area contributed by atoms with Gasteiger partial charge in [-0.3, -0.25) is 4.79 Å². The molecule has 0 fully saturated rings. The van der Waals surface area contributed by atoms with Gasteiger partial charge >= 0.3 is 11.9 Å². The lowest BCUT2D eigenvalue weighted by molar-refractivity contribution is -0.142. The number of ether oxygens (including phenoxy) is 2. The number of hydrogen-bond acceptors (Lipinski definition) is 6. The topological polar surface area (TPSA) is 86.7 Å². The van der Waals surface area contributed by atoms with Gasteiger partial charge in [-0.15, -0.1) is 0 Å². The quantitative estimate of drug-likeness (QED) is 0.556. The highest BCUT2D eigenvalue weighted by molar-refractivity contribution is 7.93. The molecular weight excluding hydrogens is 320 g/mol. The van der Waals surface area contributed by atoms with E-state index in [1.54, 1.807) is 37.3 Å². The molecule has 0 aromatic heterocycles. The molecule has 1 rings (SSSR count). The molecule has 0 radical (unpaired) electrons. The third-order valence-electron chi connectivity index (χ3n) is 3.31. The number of benzene rings is 1. The number of methoxy groups -OCH3 is 1. The van der Waals surface area contributed by atoms with Crippen LogP contribution in [0.5, 0.6) is 0 Å². The van der Waals surface area contributed by atoms with Gasteiger partial charge < -0.3 is 9.47 Å². The van der Waals surface area contributed by atoms with E-state index in [0.29, 0.717) is 5.56 Å². The van der Waals surface area contributed by atoms with Crippen LogP contribution in [-0.2, 0) is 28.9 Å². The minimum atomic E-state index is -4.10. The Morgan fingerprint density at radius 3 is 2.26 bits per heavy atom. The molecule has 0 spiro atoms. The van der Waals surface area contributed by atoms with E-state index in [9.17, 15) is 18.0 Å². The zero-order valence-corrected chi connectivity index (χ0v) is 14.1. The highest BCUT2D eigenvalue weighted by Gasteiger charge is 2.41. The molecule has 6 nitrogen and oxygen atoms in total. The van der Waals surface area contributed by atoms with Crippen molar-refractivity contribution in [2.75, 3.05) is 13.7 Å². The molecule has 2 unspecified atom stereocenters. The second kappa shape index (κ2) is 7.92. The number of carbonyl (C=O) groups excluding carboxylic acids is 2. The lowest BCUT2D eigenvalue weighted by atomic mass is 10.1. The Morgan fingerprint density at radius 2 is 1.78 bits per heavy atom. The Labute approximate surface area is 136 Å². The van der Waals surface area contributed by atoms with Gasteiger partial charge in [0.25, 0.3) is 0 Å². The van der Waals surface area contributed by atoms with Crippen molar-refractivity contribution in [2.45, 2.75) is 24.3 Å². The summed E-state index contributed by atoms with van der Waals surface area (Å²) in [7, 11) is -2.97. The molecule has 0 N–H and O–H groups in total. The number of carbonyl (C=O) groups is 2. The average molecular weight is 340 g/mol. The summed E-state index contributed by atoms with van der Waals surface area (Å²) in [6.45, 7) is 6.43. The van der Waals surface area contributed by atoms with Crippen LogP contribution in [0.3, 0.4) is 0 Å². The summed E-state index contributed by atoms with van der Waals surface area (Å²) >= 11 is 0. The normalized spacial score (nSPS) is 13.7. The van der Waals surface area contributed by atoms with Crippen molar-refractivity contribution in [2.24, 2.45) is 0 Å². The van der Waals surface area contributed by atoms with Crippen molar-refractivity contribution in [1.29, 1.82) is 0 Å². The van der Waals surface area contributed by atoms with Gasteiger partial charge in [-0.2, -0.15) is 0 Å². The fourth-order valence-corrected chi connectivity index (χ4v) is 3.83. The average Bonchev–Trinajstić information content (AvgIpc) is 2.54. The SMILES string of the molecule is C=C(C(=O)OC)C(c1ccccc1)S(=O)(=O)C(C)C(=O)OCC. The number of hydrogen-bond donors (Lipinski definition) is 0. The molecule has 23 heavy (non-hydrogen) atoms. The Morgan fingerprint density at radius 1 is 1.22 bits per heavy atom. The first-order chi connectivity index (χ1) is 10.8. The van der Waals surface area contributed by atoms with Crippen LogP contribution in [0.25, 0.3) is 0 Å². The zero-order valence-electron chi connectivity index (χ0n) is 13.3. The minimum absolute atomic E-state index is 0.0621. The molecular formula is C16H20O6S. The second-order valence-corrected chi connectivity index (χ2v) is 7.15. The summed E-state index contributed by atoms with van der Waals surface area (Å²) in [5.74, 6) is -1.72. The first-order valence-electron chi connectivity index (χ1n) is 6.98. The third-order valence-corrected chi connectivity index (χ3v) is 5.70. The van der Waals surface area contributed by atoms with E-state index < -0.39 is 32.3 Å². The van der Waals surface area contributed by atoms with Crippen molar-refractivity contribution in [3.8, 4) is 0 Å². The standard InChI is InChI=1S/C16H20O6S/c1-5-22-16(18)12(3)23(19,20)14(11(2)15(17)21-4)13-9-7-6-8-10-13/h6-10,12,14H,2,5H2,1,3-4H3. The Kier molecular flexibility index (Phi) is 6.50. The molecule has 2 atom stereocenters. The Hall–Kier alpha value is -2.15. The van der Waals surface area contributed by atoms with Crippen molar-refractivity contribution >= 4 is 21.8 Å². The fraction of sp³-hybridized carbons (Fsp3) is 0.375. The molecule has 0 amide bonds. The highest BCUT2D eigenvalue weighted by Crippen LogP contribution is 2.33. The molecule has 0 saturated carbocycles. The third kappa shape index (κ3) is 4.19. The van der Waals surface area contributed by atoms with Gasteiger partial charge in [0.05, 0.1) is 19.3 Å². The van der Waals surface area contributed by atoms with E-state index in [1.165, 1.54) is 6.92 Å². The van der Waals surface area contributed by atoms with Gasteiger partial charge in [0, 0.05) is 0 Å². The van der Waals surface area contributed by atoms with Crippen LogP contribution in [0.1, 0.15) is 24.7 Å². The van der Waals surface area contributed by atoms with E-state index >= 15 is 0 Å². The van der Waals surface area contributed by atoms with E-state index in [1.807, 2.05) is 0 Å². The van der Waals surface area contributed by atoms with Gasteiger partial charge in [0.2, 0.25) is 0 Å². The van der Waals surface area contributed by atoms with Crippen LogP contribution < -0.4 is 0 Å². The van der Waals surface area contributed by atoms with Crippen LogP contribution in [0.2, 0.25) is 0 Å². The summed E-state index contributed by atoms with van der Waals surface area (Å²) in [5.41, 5.74) is 0.0777. The van der Waals surface area contributed by atoms with Crippen molar-refractivity contribution in [1.82, 2.24) is 0 Å². The molecule has 126 valence electrons. The number of rotatable bonds is 7. The van der Waals surface area contributed by atoms with Crippen molar-refractivity contribution < 1.29 is 27.5 Å². The predicted octanol–water partition coefficient (Wildman–Crippen LogP) is 1.82. The van der Waals surface area contributed by atoms with Gasteiger partial charge in [0.1, 0.15) is 5.25 Å². The van der Waals surface area contributed by atoms with Crippen LogP contribution in [0, 0.1) is 0 Å². The van der Waals surface area contributed by atoms with Gasteiger partial charge in [-0.25, -0.2) is 13.2 Å². The summed E-state index contributed by atoms with van der Waals surface area (Å²) < 4.78 is 35.0. The largest absolute Gasteiger partial charge is 0.466 e. The second-order valence-electron chi connectivity index (χ2n) is 4.79. The fourth-order valence-electron chi connectivity index (χ4n) is 2.05. The van der Waals surface area contributed by atoms with Crippen molar-refractivity contribution in [3.63, 3.8) is 0 Å². The molecule has 1 aromatic carbocycles. The Bertz CT molecular complexity index is 678. The minimum Gasteiger partial charge on any atom is -0.466 e. The summed E-state index contributed by atoms with van der Waals surface area (Å²) in [6, 6.07) is 8.08. The molecule has 0 aliphatic heterocycles. The summed E-state index contributed by atoms with van der Waals surface area (Å²) in [6.07, 6.45) is 0. The van der Waals surface area contributed by atoms with Gasteiger partial charge in [0.15, 0.2) is 15.1 Å². The summed E-state index contributed by atoms with van der Waals surface area (Å²) in [5, 5.41) is -2.82. The lowest BCUT2D eigenvalue weighted by Crippen LogP contribution is -2.34. The molecule has 0 aliphatic carbocycles. The van der Waals surface area contributed by atoms with Crippen LogP contribution >= 0.6 is 0 Å². The maximum Gasteiger partial charge on any atom is 0.334 e. The van der Waals surface area contributed by atoms with E-state index in [0.717, 1.165) is 7.11 Å². The maximum absolute atomic E-state index is 12.8. The number of esters is 2. The van der Waals surface area contributed by atoms with E-state index in [2.05, 4.69) is 11.3 Å². The van der Waals surface area contributed by atoms with Crippen LogP contribution in [0.4, 0.5) is 0 Å². The van der Waals surface area contributed by atoms with E-state index in [-0.39, 0.29) is 12.2 Å². The zero-order chi connectivity index (χ0) is 17.6. The van der Waals surface area contributed by atoms with Crippen molar-refractivity contribution in [3.05, 3.63) is 48.0 Å². The molecule has 7 heteroatoms. The van der Waals surface area contributed by atoms with Gasteiger partial charge in [-0.1, -0.05) is 36.9 Å². The predicted molar refractivity (Wildman–Crippen MR) is 85.4 cm³/mol. The first-order valence-corrected chi connectivity index (χ1v) is 8.59. The highest BCUT2D eigenvalue weighted by atomic mass is 32.2. The summed E-state index contributed by atoms with van der Waals surface area (Å²) in [4.78, 5) is 23.6. The van der Waals surface area contributed by atoms with Crippen LogP contribution in [0.15, 0.2) is 42.5 Å². The molecule has 0 saturated heterocycles. The van der Waals surface area contributed by atoms with E-state index in [4.69, 9.17) is 4.74 Å².